The molecule has 28 heavy (non-hydrogen) atoms. The van der Waals surface area contributed by atoms with Gasteiger partial charge in [-0.3, -0.25) is 4.79 Å². The molecule has 2 aromatic carbocycles. The summed E-state index contributed by atoms with van der Waals surface area (Å²) >= 11 is 1.35. The van der Waals surface area contributed by atoms with E-state index in [0.29, 0.717) is 5.17 Å². The molecule has 0 saturated heterocycles. The van der Waals surface area contributed by atoms with Gasteiger partial charge in [0, 0.05) is 17.2 Å². The second-order valence-electron chi connectivity index (χ2n) is 6.44. The van der Waals surface area contributed by atoms with E-state index in [9.17, 15) is 4.79 Å². The predicted molar refractivity (Wildman–Crippen MR) is 121 cm³/mol. The average molecular weight is 387 g/mol. The molecule has 0 amide bonds. The van der Waals surface area contributed by atoms with Gasteiger partial charge in [-0.25, -0.2) is 4.99 Å². The Labute approximate surface area is 170 Å². The van der Waals surface area contributed by atoms with Crippen molar-refractivity contribution in [2.24, 2.45) is 9.98 Å². The lowest BCUT2D eigenvalue weighted by Crippen LogP contribution is -2.12. The fourth-order valence-electron chi connectivity index (χ4n) is 2.82. The summed E-state index contributed by atoms with van der Waals surface area (Å²) in [7, 11) is 0. The van der Waals surface area contributed by atoms with Crippen LogP contribution < -0.4 is 0 Å². The first-order valence-electron chi connectivity index (χ1n) is 9.16. The van der Waals surface area contributed by atoms with E-state index >= 15 is 0 Å². The lowest BCUT2D eigenvalue weighted by Gasteiger charge is -2.11. The van der Waals surface area contributed by atoms with Gasteiger partial charge in [0.05, 0.1) is 10.9 Å². The maximum absolute atomic E-state index is 12.1. The summed E-state index contributed by atoms with van der Waals surface area (Å²) in [6.45, 7) is 5.77. The van der Waals surface area contributed by atoms with Crippen LogP contribution in [0.15, 0.2) is 82.8 Å². The molecule has 3 rings (SSSR count). The molecule has 0 bridgehead atoms. The molecule has 0 radical (unpaired) electrons. The normalized spacial score (nSPS) is 14.9. The smallest absolute Gasteiger partial charge is 0.197 e. The molecule has 1 aliphatic heterocycles. The number of carbonyl (C=O) groups excluding carboxylic acids is 1. The zero-order valence-corrected chi connectivity index (χ0v) is 17.0. The number of aliphatic imine (C=N–C) groups is 2. The number of ketones is 1. The van der Waals surface area contributed by atoms with Gasteiger partial charge in [-0.2, -0.15) is 4.99 Å². The van der Waals surface area contributed by atoms with Crippen LogP contribution in [0.3, 0.4) is 0 Å². The maximum atomic E-state index is 12.1. The minimum Gasteiger partial charge on any atom is -0.294 e. The van der Waals surface area contributed by atoms with Crippen LogP contribution >= 0.6 is 11.8 Å². The first-order valence-corrected chi connectivity index (χ1v) is 10.0. The van der Waals surface area contributed by atoms with E-state index in [1.807, 2.05) is 56.3 Å². The molecule has 0 spiro atoms. The van der Waals surface area contributed by atoms with Crippen LogP contribution in [0.2, 0.25) is 0 Å². The largest absolute Gasteiger partial charge is 0.294 e. The highest BCUT2D eigenvalue weighted by Crippen LogP contribution is 2.31. The molecule has 1 atom stereocenters. The highest BCUT2D eigenvalue weighted by Gasteiger charge is 2.17. The Hall–Kier alpha value is -2.94. The van der Waals surface area contributed by atoms with Crippen molar-refractivity contribution in [3.05, 3.63) is 89.5 Å². The Kier molecular flexibility index (Phi) is 6.59. The summed E-state index contributed by atoms with van der Waals surface area (Å²) in [5.41, 5.74) is 5.03. The summed E-state index contributed by atoms with van der Waals surface area (Å²) in [5, 5.41) is 0.265. The molecule has 140 valence electrons. The van der Waals surface area contributed by atoms with Crippen molar-refractivity contribution < 1.29 is 4.79 Å². The van der Waals surface area contributed by atoms with E-state index < -0.39 is 0 Å². The quantitative estimate of drug-likeness (QED) is 0.616. The molecule has 3 nitrogen and oxygen atoms in total. The van der Waals surface area contributed by atoms with Gasteiger partial charge in [0.15, 0.2) is 11.0 Å². The van der Waals surface area contributed by atoms with E-state index in [-0.39, 0.29) is 11.0 Å². The number of hydrogen-bond donors (Lipinski definition) is 0. The third-order valence-electron chi connectivity index (χ3n) is 4.22. The van der Waals surface area contributed by atoms with Gasteiger partial charge in [0.1, 0.15) is 0 Å². The molecular formula is C24H22N2OS. The van der Waals surface area contributed by atoms with Gasteiger partial charge in [0.25, 0.3) is 0 Å². The standard InChI is InChI=1S/C24H22N2OS/c1-4-9-22(27)18(3)28-24-25-15-14-21(20-13-8-10-17(2)16-20)23(26-24)19-11-6-5-7-12-19/h4-14,16,18H,1-3H3/b9-4+. The highest BCUT2D eigenvalue weighted by atomic mass is 32.2. The number of hydrogen-bond acceptors (Lipinski definition) is 4. The van der Waals surface area contributed by atoms with Gasteiger partial charge < -0.3 is 0 Å². The van der Waals surface area contributed by atoms with Crippen molar-refractivity contribution >= 4 is 39.9 Å². The van der Waals surface area contributed by atoms with E-state index in [1.165, 1.54) is 17.3 Å². The lowest BCUT2D eigenvalue weighted by molar-refractivity contribution is -0.113. The van der Waals surface area contributed by atoms with Crippen molar-refractivity contribution in [2.75, 3.05) is 0 Å². The van der Waals surface area contributed by atoms with Crippen LogP contribution in [0.1, 0.15) is 30.5 Å². The molecule has 1 aliphatic rings. The molecule has 0 aromatic heterocycles. The number of thioether (sulfide) groups is 1. The summed E-state index contributed by atoms with van der Waals surface area (Å²) < 4.78 is 0. The van der Waals surface area contributed by atoms with Crippen LogP contribution in [-0.2, 0) is 4.79 Å². The number of allylic oxidation sites excluding steroid dienone is 4. The third-order valence-corrected chi connectivity index (χ3v) is 5.20. The van der Waals surface area contributed by atoms with Crippen molar-refractivity contribution in [2.45, 2.75) is 26.0 Å². The van der Waals surface area contributed by atoms with Gasteiger partial charge in [-0.15, -0.1) is 0 Å². The number of aryl methyl sites for hydroxylation is 1. The molecule has 1 unspecified atom stereocenters. The fraction of sp³-hybridized carbons (Fsp3) is 0.167. The molecule has 0 aliphatic carbocycles. The number of benzene rings is 2. The Morgan fingerprint density at radius 2 is 1.86 bits per heavy atom. The number of carbonyl (C=O) groups is 1. The van der Waals surface area contributed by atoms with Crippen LogP contribution in [-0.4, -0.2) is 22.1 Å². The summed E-state index contributed by atoms with van der Waals surface area (Å²) in [6.07, 6.45) is 5.20. The molecule has 0 N–H and O–H groups in total. The zero-order valence-electron chi connectivity index (χ0n) is 16.2. The molecule has 1 heterocycles. The van der Waals surface area contributed by atoms with Crippen molar-refractivity contribution in [3.8, 4) is 0 Å². The summed E-state index contributed by atoms with van der Waals surface area (Å²) in [5.74, 6) is 3.05. The van der Waals surface area contributed by atoms with E-state index in [4.69, 9.17) is 4.99 Å². The van der Waals surface area contributed by atoms with Gasteiger partial charge in [-0.05, 0) is 38.3 Å². The maximum Gasteiger partial charge on any atom is 0.197 e. The SMILES string of the molecule is C/C=C/C(=O)C(C)SC1=NC(c2ccccc2)=C(c2cccc(C)c2)C=C=N1. The number of rotatable bonds is 5. The molecular weight excluding hydrogens is 364 g/mol. The Morgan fingerprint density at radius 1 is 1.11 bits per heavy atom. The second-order valence-corrected chi connectivity index (χ2v) is 7.75. The Morgan fingerprint density at radius 3 is 2.57 bits per heavy atom. The zero-order chi connectivity index (χ0) is 19.9. The highest BCUT2D eigenvalue weighted by molar-refractivity contribution is 8.15. The topological polar surface area (TPSA) is 41.8 Å². The van der Waals surface area contributed by atoms with E-state index in [0.717, 1.165) is 22.4 Å². The molecule has 0 saturated carbocycles. The van der Waals surface area contributed by atoms with Crippen molar-refractivity contribution in [1.29, 1.82) is 0 Å². The third kappa shape index (κ3) is 4.86. The van der Waals surface area contributed by atoms with Crippen LogP contribution in [0.25, 0.3) is 11.3 Å². The van der Waals surface area contributed by atoms with Crippen LogP contribution in [0.5, 0.6) is 0 Å². The minimum atomic E-state index is -0.266. The van der Waals surface area contributed by atoms with E-state index in [2.05, 4.69) is 36.0 Å². The van der Waals surface area contributed by atoms with E-state index in [1.54, 1.807) is 12.2 Å². The minimum absolute atomic E-state index is 0.0442. The first-order chi connectivity index (χ1) is 13.6. The number of amidine groups is 1. The van der Waals surface area contributed by atoms with Gasteiger partial charge >= 0.3 is 0 Å². The first kappa shape index (κ1) is 19.8. The Balaban J connectivity index is 2.09. The van der Waals surface area contributed by atoms with Gasteiger partial charge in [-0.1, -0.05) is 78.0 Å². The van der Waals surface area contributed by atoms with Crippen molar-refractivity contribution in [1.82, 2.24) is 0 Å². The molecule has 0 fully saturated rings. The van der Waals surface area contributed by atoms with Crippen LogP contribution in [0.4, 0.5) is 0 Å². The number of nitrogens with zero attached hydrogens (tertiary/aromatic N) is 2. The average Bonchev–Trinajstić information content (AvgIpc) is 2.91. The summed E-state index contributed by atoms with van der Waals surface area (Å²) in [6, 6.07) is 18.3. The van der Waals surface area contributed by atoms with Crippen molar-refractivity contribution in [3.63, 3.8) is 0 Å². The monoisotopic (exact) mass is 386 g/mol. The van der Waals surface area contributed by atoms with Crippen LogP contribution in [0, 0.1) is 6.92 Å². The fourth-order valence-corrected chi connectivity index (χ4v) is 3.58. The molecule has 2 aromatic rings. The lowest BCUT2D eigenvalue weighted by atomic mass is 9.98. The predicted octanol–water partition coefficient (Wildman–Crippen LogP) is 5.73. The summed E-state index contributed by atoms with van der Waals surface area (Å²) in [4.78, 5) is 21.3. The second kappa shape index (κ2) is 9.32. The van der Waals surface area contributed by atoms with Gasteiger partial charge in [0.2, 0.25) is 0 Å². The molecule has 4 heteroatoms. The Bertz CT molecular complexity index is 1030.